The number of rotatable bonds is 4. The van der Waals surface area contributed by atoms with E-state index in [1.54, 1.807) is 0 Å². The van der Waals surface area contributed by atoms with Gasteiger partial charge in [0, 0.05) is 18.1 Å². The zero-order valence-electron chi connectivity index (χ0n) is 7.81. The van der Waals surface area contributed by atoms with E-state index in [4.69, 9.17) is 11.6 Å². The fourth-order valence-electron chi connectivity index (χ4n) is 1.16. The van der Waals surface area contributed by atoms with E-state index < -0.39 is 0 Å². The second-order valence-electron chi connectivity index (χ2n) is 3.11. The van der Waals surface area contributed by atoms with Gasteiger partial charge in [-0.05, 0) is 12.5 Å². The van der Waals surface area contributed by atoms with Crippen molar-refractivity contribution in [2.24, 2.45) is 0 Å². The lowest BCUT2D eigenvalue weighted by atomic mass is 10.1. The summed E-state index contributed by atoms with van der Waals surface area (Å²) in [5.41, 5.74) is 2.56. The van der Waals surface area contributed by atoms with Gasteiger partial charge >= 0.3 is 0 Å². The molecule has 0 aliphatic heterocycles. The van der Waals surface area contributed by atoms with Crippen molar-refractivity contribution in [2.75, 3.05) is 6.54 Å². The van der Waals surface area contributed by atoms with Gasteiger partial charge in [0.2, 0.25) is 0 Å². The van der Waals surface area contributed by atoms with Crippen molar-refractivity contribution in [3.8, 4) is 0 Å². The smallest absolute Gasteiger partial charge is 0.0310 e. The van der Waals surface area contributed by atoms with Gasteiger partial charge in [-0.15, -0.1) is 0 Å². The average molecular weight is 196 g/mol. The monoisotopic (exact) mass is 195 g/mol. The number of halogens is 1. The van der Waals surface area contributed by atoms with Gasteiger partial charge in [-0.3, -0.25) is 0 Å². The lowest BCUT2D eigenvalue weighted by Gasteiger charge is -2.03. The van der Waals surface area contributed by atoms with Crippen molar-refractivity contribution < 1.29 is 0 Å². The molecule has 0 saturated carbocycles. The van der Waals surface area contributed by atoms with Crippen LogP contribution in [0.2, 0.25) is 0 Å². The molecule has 1 aromatic carbocycles. The zero-order chi connectivity index (χ0) is 9.68. The maximum atomic E-state index is 5.62. The Kier molecular flexibility index (Phi) is 4.00. The molecule has 0 aliphatic rings. The van der Waals surface area contributed by atoms with Crippen molar-refractivity contribution in [3.05, 3.63) is 47.0 Å². The molecule has 0 fully saturated rings. The molecular formula is C11H14ClN. The second-order valence-corrected chi connectivity index (χ2v) is 3.64. The minimum Gasteiger partial charge on any atom is -0.308 e. The summed E-state index contributed by atoms with van der Waals surface area (Å²) < 4.78 is 0. The molecule has 1 nitrogen and oxygen atoms in total. The molecule has 1 N–H and O–H groups in total. The Labute approximate surface area is 84.4 Å². The number of nitrogens with one attached hydrogen (secondary N) is 1. The quantitative estimate of drug-likeness (QED) is 0.779. The predicted octanol–water partition coefficient (Wildman–Crippen LogP) is 2.84. The largest absolute Gasteiger partial charge is 0.308 e. The first-order chi connectivity index (χ1) is 6.18. The number of benzene rings is 1. The van der Waals surface area contributed by atoms with Crippen LogP contribution in [0, 0.1) is 6.92 Å². The Bertz CT molecular complexity index is 294. The highest BCUT2D eigenvalue weighted by Gasteiger charge is 1.92. The van der Waals surface area contributed by atoms with Gasteiger partial charge in [0.05, 0.1) is 0 Å². The number of hydrogen-bond donors (Lipinski definition) is 1. The Balaban J connectivity index is 2.41. The summed E-state index contributed by atoms with van der Waals surface area (Å²) in [6, 6.07) is 8.40. The zero-order valence-corrected chi connectivity index (χ0v) is 8.56. The Hall–Kier alpha value is -0.790. The Morgan fingerprint density at radius 2 is 2.31 bits per heavy atom. The molecule has 0 unspecified atom stereocenters. The fourth-order valence-corrected chi connectivity index (χ4v) is 1.26. The normalized spacial score (nSPS) is 10.0. The molecule has 0 aliphatic carbocycles. The SMILES string of the molecule is C=C(Cl)CNCc1cccc(C)c1. The number of aryl methyl sites for hydroxylation is 1. The van der Waals surface area contributed by atoms with Crippen LogP contribution in [0.4, 0.5) is 0 Å². The van der Waals surface area contributed by atoms with E-state index in [1.807, 2.05) is 0 Å². The molecule has 1 rings (SSSR count). The first-order valence-corrected chi connectivity index (χ1v) is 4.66. The maximum Gasteiger partial charge on any atom is 0.0310 e. The van der Waals surface area contributed by atoms with Crippen molar-refractivity contribution in [3.63, 3.8) is 0 Å². The van der Waals surface area contributed by atoms with Crippen molar-refractivity contribution in [1.29, 1.82) is 0 Å². The topological polar surface area (TPSA) is 12.0 Å². The van der Waals surface area contributed by atoms with E-state index in [2.05, 4.69) is 43.1 Å². The molecule has 0 atom stereocenters. The standard InChI is InChI=1S/C11H14ClN/c1-9-4-3-5-11(6-9)8-13-7-10(2)12/h3-6,13H,2,7-8H2,1H3. The maximum absolute atomic E-state index is 5.62. The van der Waals surface area contributed by atoms with E-state index in [-0.39, 0.29) is 0 Å². The van der Waals surface area contributed by atoms with Gasteiger partial charge in [0.25, 0.3) is 0 Å². The Morgan fingerprint density at radius 3 is 2.92 bits per heavy atom. The minimum absolute atomic E-state index is 0.646. The minimum atomic E-state index is 0.646. The molecule has 13 heavy (non-hydrogen) atoms. The van der Waals surface area contributed by atoms with E-state index >= 15 is 0 Å². The van der Waals surface area contributed by atoms with Gasteiger partial charge < -0.3 is 5.32 Å². The van der Waals surface area contributed by atoms with E-state index in [0.29, 0.717) is 11.6 Å². The molecule has 0 heterocycles. The van der Waals surface area contributed by atoms with Crippen LogP contribution in [-0.4, -0.2) is 6.54 Å². The van der Waals surface area contributed by atoms with Crippen LogP contribution < -0.4 is 5.32 Å². The van der Waals surface area contributed by atoms with Gasteiger partial charge in [0.1, 0.15) is 0 Å². The van der Waals surface area contributed by atoms with Crippen LogP contribution in [0.25, 0.3) is 0 Å². The van der Waals surface area contributed by atoms with Crippen LogP contribution in [0.15, 0.2) is 35.9 Å². The summed E-state index contributed by atoms with van der Waals surface area (Å²) in [4.78, 5) is 0. The second kappa shape index (κ2) is 5.05. The molecule has 0 bridgehead atoms. The van der Waals surface area contributed by atoms with Crippen LogP contribution in [0.5, 0.6) is 0 Å². The third-order valence-electron chi connectivity index (χ3n) is 1.73. The average Bonchev–Trinajstić information content (AvgIpc) is 2.03. The third-order valence-corrected chi connectivity index (χ3v) is 1.86. The van der Waals surface area contributed by atoms with E-state index in [9.17, 15) is 0 Å². The first-order valence-electron chi connectivity index (χ1n) is 4.28. The fraction of sp³-hybridized carbons (Fsp3) is 0.273. The van der Waals surface area contributed by atoms with Crippen molar-refractivity contribution >= 4 is 11.6 Å². The molecule has 0 amide bonds. The Morgan fingerprint density at radius 1 is 1.54 bits per heavy atom. The highest BCUT2D eigenvalue weighted by atomic mass is 35.5. The molecule has 0 spiro atoms. The van der Waals surface area contributed by atoms with Crippen molar-refractivity contribution in [1.82, 2.24) is 5.32 Å². The molecule has 1 aromatic rings. The van der Waals surface area contributed by atoms with Crippen molar-refractivity contribution in [2.45, 2.75) is 13.5 Å². The van der Waals surface area contributed by atoms with Gasteiger partial charge in [0.15, 0.2) is 0 Å². The van der Waals surface area contributed by atoms with Crippen LogP contribution in [0.3, 0.4) is 0 Å². The highest BCUT2D eigenvalue weighted by molar-refractivity contribution is 6.29. The molecular weight excluding hydrogens is 182 g/mol. The molecule has 70 valence electrons. The number of hydrogen-bond acceptors (Lipinski definition) is 1. The van der Waals surface area contributed by atoms with Gasteiger partial charge in [-0.25, -0.2) is 0 Å². The van der Waals surface area contributed by atoms with Crippen LogP contribution >= 0.6 is 11.6 Å². The highest BCUT2D eigenvalue weighted by Crippen LogP contribution is 2.03. The molecule has 0 aromatic heterocycles. The summed E-state index contributed by atoms with van der Waals surface area (Å²) >= 11 is 5.62. The summed E-state index contributed by atoms with van der Waals surface area (Å²) in [5.74, 6) is 0. The van der Waals surface area contributed by atoms with Crippen LogP contribution in [0.1, 0.15) is 11.1 Å². The molecule has 0 radical (unpaired) electrons. The van der Waals surface area contributed by atoms with Crippen LogP contribution in [-0.2, 0) is 6.54 Å². The molecule has 0 saturated heterocycles. The summed E-state index contributed by atoms with van der Waals surface area (Å²) in [6.45, 7) is 7.20. The predicted molar refractivity (Wildman–Crippen MR) is 57.9 cm³/mol. The third kappa shape index (κ3) is 4.11. The first kappa shape index (κ1) is 10.3. The summed E-state index contributed by atoms with van der Waals surface area (Å²) in [5, 5.41) is 3.84. The van der Waals surface area contributed by atoms with Gasteiger partial charge in [-0.2, -0.15) is 0 Å². The molecule has 2 heteroatoms. The van der Waals surface area contributed by atoms with E-state index in [0.717, 1.165) is 6.54 Å². The lowest BCUT2D eigenvalue weighted by Crippen LogP contribution is -2.14. The lowest BCUT2D eigenvalue weighted by molar-refractivity contribution is 0.754. The van der Waals surface area contributed by atoms with Gasteiger partial charge in [-0.1, -0.05) is 48.0 Å². The van der Waals surface area contributed by atoms with E-state index in [1.165, 1.54) is 11.1 Å². The summed E-state index contributed by atoms with van der Waals surface area (Å²) in [6.07, 6.45) is 0. The summed E-state index contributed by atoms with van der Waals surface area (Å²) in [7, 11) is 0.